The first-order chi connectivity index (χ1) is 19.2. The minimum absolute atomic E-state index is 0.00952. The lowest BCUT2D eigenvalue weighted by Crippen LogP contribution is -2.41. The number of methoxy groups -OCH3 is 1. The van der Waals surface area contributed by atoms with Gasteiger partial charge in [-0.05, 0) is 67.1 Å². The molecule has 0 radical (unpaired) electrons. The maximum atomic E-state index is 13.7. The van der Waals surface area contributed by atoms with Crippen LogP contribution in [0.15, 0.2) is 30.3 Å². The predicted molar refractivity (Wildman–Crippen MR) is 140 cm³/mol. The molecule has 1 aliphatic carbocycles. The van der Waals surface area contributed by atoms with E-state index in [2.05, 4.69) is 31.0 Å². The third-order valence-electron chi connectivity index (χ3n) is 6.54. The molecule has 1 aromatic carbocycles. The van der Waals surface area contributed by atoms with Crippen LogP contribution < -0.4 is 15.4 Å². The molecule has 2 amide bonds. The summed E-state index contributed by atoms with van der Waals surface area (Å²) in [5, 5.41) is 18.6. The lowest BCUT2D eigenvalue weighted by atomic mass is 9.85. The highest BCUT2D eigenvalue weighted by Gasteiger charge is 2.25. The Balaban J connectivity index is 1.36. The maximum Gasteiger partial charge on any atom is 0.303 e. The second kappa shape index (κ2) is 13.1. The van der Waals surface area contributed by atoms with E-state index >= 15 is 0 Å². The van der Waals surface area contributed by atoms with Crippen LogP contribution in [-0.4, -0.2) is 62.7 Å². The first-order valence-electron chi connectivity index (χ1n) is 13.0. The Morgan fingerprint density at radius 2 is 2.00 bits per heavy atom. The molecular weight excluding hydrogens is 521 g/mol. The van der Waals surface area contributed by atoms with E-state index in [-0.39, 0.29) is 42.5 Å². The second-order valence-corrected chi connectivity index (χ2v) is 9.78. The fraction of sp³-hybridized carbons (Fsp3) is 0.444. The first kappa shape index (κ1) is 28.6. The number of hydrogen-bond donors (Lipinski definition) is 2. The van der Waals surface area contributed by atoms with Crippen molar-refractivity contribution in [1.29, 1.82) is 0 Å². The number of pyridine rings is 1. The number of tetrazole rings is 1. The van der Waals surface area contributed by atoms with E-state index in [0.29, 0.717) is 29.2 Å². The molecule has 0 saturated heterocycles. The quantitative estimate of drug-likeness (QED) is 0.361. The number of esters is 1. The molecule has 4 rings (SSSR count). The molecule has 2 aromatic heterocycles. The highest BCUT2D eigenvalue weighted by molar-refractivity contribution is 5.93. The number of ether oxygens (including phenoxy) is 2. The number of nitrogens with one attached hydrogen (secondary N) is 2. The van der Waals surface area contributed by atoms with Gasteiger partial charge in [-0.3, -0.25) is 14.4 Å². The molecule has 0 bridgehead atoms. The van der Waals surface area contributed by atoms with Crippen LogP contribution in [0.2, 0.25) is 0 Å². The van der Waals surface area contributed by atoms with Crippen molar-refractivity contribution in [3.8, 4) is 17.1 Å². The van der Waals surface area contributed by atoms with Crippen LogP contribution in [0.5, 0.6) is 5.75 Å². The Morgan fingerprint density at radius 1 is 1.18 bits per heavy atom. The number of halogens is 1. The van der Waals surface area contributed by atoms with Gasteiger partial charge in [0.05, 0.1) is 13.7 Å². The molecule has 2 heterocycles. The van der Waals surface area contributed by atoms with Crippen LogP contribution in [0, 0.1) is 18.7 Å². The van der Waals surface area contributed by atoms with Crippen LogP contribution in [-0.2, 0) is 27.4 Å². The van der Waals surface area contributed by atoms with E-state index in [1.807, 2.05) is 0 Å². The first-order valence-corrected chi connectivity index (χ1v) is 13.0. The number of rotatable bonds is 10. The molecule has 1 saturated carbocycles. The monoisotopic (exact) mass is 553 g/mol. The van der Waals surface area contributed by atoms with Crippen LogP contribution in [0.4, 0.5) is 4.39 Å². The SMILES string of the molecule is COc1cc(CNC(=O)c2cc(-c3nnn(C[C@H]4CCC[C@@H](NC(=O)COC(C)=O)C4)n3)cc(C)n2)ccc1F. The molecule has 13 heteroatoms. The van der Waals surface area contributed by atoms with Crippen molar-refractivity contribution in [3.63, 3.8) is 0 Å². The third kappa shape index (κ3) is 7.80. The van der Waals surface area contributed by atoms with Crippen molar-refractivity contribution in [3.05, 3.63) is 53.1 Å². The van der Waals surface area contributed by atoms with Crippen LogP contribution in [0.25, 0.3) is 11.4 Å². The predicted octanol–water partition coefficient (Wildman–Crippen LogP) is 2.36. The molecule has 212 valence electrons. The third-order valence-corrected chi connectivity index (χ3v) is 6.54. The number of benzene rings is 1. The molecule has 2 atom stereocenters. The highest BCUT2D eigenvalue weighted by Crippen LogP contribution is 2.26. The number of carbonyl (C=O) groups is 3. The van der Waals surface area contributed by atoms with Gasteiger partial charge in [0.15, 0.2) is 18.2 Å². The number of nitrogens with zero attached hydrogens (tertiary/aromatic N) is 5. The smallest absolute Gasteiger partial charge is 0.303 e. The van der Waals surface area contributed by atoms with E-state index in [0.717, 1.165) is 25.7 Å². The Kier molecular flexibility index (Phi) is 9.35. The average Bonchev–Trinajstić information content (AvgIpc) is 3.39. The van der Waals surface area contributed by atoms with Crippen molar-refractivity contribution < 1.29 is 28.2 Å². The van der Waals surface area contributed by atoms with Gasteiger partial charge < -0.3 is 20.1 Å². The van der Waals surface area contributed by atoms with Crippen molar-refractivity contribution in [2.45, 2.75) is 58.7 Å². The molecule has 0 aliphatic heterocycles. The summed E-state index contributed by atoms with van der Waals surface area (Å²) in [4.78, 5) is 41.6. The maximum absolute atomic E-state index is 13.7. The minimum Gasteiger partial charge on any atom is -0.494 e. The van der Waals surface area contributed by atoms with E-state index in [1.54, 1.807) is 25.1 Å². The van der Waals surface area contributed by atoms with E-state index < -0.39 is 17.7 Å². The standard InChI is InChI=1S/C27H32FN7O5/c1-16-9-20(12-23(30-16)27(38)29-13-18-7-8-22(28)24(11-18)39-3)26-32-34-35(33-26)14-19-5-4-6-21(10-19)31-25(37)15-40-17(2)36/h7-9,11-12,19,21H,4-6,10,13-15H2,1-3H3,(H,29,38)(H,31,37)/t19-,21+/m0/s1. The number of amides is 2. The van der Waals surface area contributed by atoms with Gasteiger partial charge in [0.25, 0.3) is 11.8 Å². The van der Waals surface area contributed by atoms with E-state index in [9.17, 15) is 18.8 Å². The number of aryl methyl sites for hydroxylation is 1. The molecule has 12 nitrogen and oxygen atoms in total. The summed E-state index contributed by atoms with van der Waals surface area (Å²) >= 11 is 0. The van der Waals surface area contributed by atoms with Crippen molar-refractivity contribution in [2.75, 3.05) is 13.7 Å². The van der Waals surface area contributed by atoms with Crippen LogP contribution in [0.3, 0.4) is 0 Å². The van der Waals surface area contributed by atoms with Crippen molar-refractivity contribution in [1.82, 2.24) is 35.8 Å². The minimum atomic E-state index is -0.493. The second-order valence-electron chi connectivity index (χ2n) is 9.78. The van der Waals surface area contributed by atoms with E-state index in [4.69, 9.17) is 9.47 Å². The number of aromatic nitrogens is 5. The van der Waals surface area contributed by atoms with Crippen LogP contribution >= 0.6 is 0 Å². The molecule has 3 aromatic rings. The molecule has 1 aliphatic rings. The fourth-order valence-corrected chi connectivity index (χ4v) is 4.69. The number of carbonyl (C=O) groups excluding carboxylic acids is 3. The summed E-state index contributed by atoms with van der Waals surface area (Å²) in [5.74, 6) is -0.978. The Labute approximate surface area is 230 Å². The van der Waals surface area contributed by atoms with E-state index in [1.165, 1.54) is 31.0 Å². The van der Waals surface area contributed by atoms with Crippen LogP contribution in [0.1, 0.15) is 54.4 Å². The van der Waals surface area contributed by atoms with Crippen molar-refractivity contribution >= 4 is 17.8 Å². The fourth-order valence-electron chi connectivity index (χ4n) is 4.69. The summed E-state index contributed by atoms with van der Waals surface area (Å²) in [6, 6.07) is 7.75. The van der Waals surface area contributed by atoms with Gasteiger partial charge in [0.2, 0.25) is 5.82 Å². The van der Waals surface area contributed by atoms with Gasteiger partial charge in [-0.1, -0.05) is 12.5 Å². The lowest BCUT2D eigenvalue weighted by molar-refractivity contribution is -0.146. The van der Waals surface area contributed by atoms with Gasteiger partial charge in [-0.15, -0.1) is 10.2 Å². The highest BCUT2D eigenvalue weighted by atomic mass is 19.1. The normalized spacial score (nSPS) is 16.7. The van der Waals surface area contributed by atoms with Gasteiger partial charge in [0.1, 0.15) is 5.69 Å². The largest absolute Gasteiger partial charge is 0.494 e. The van der Waals surface area contributed by atoms with Gasteiger partial charge in [-0.2, -0.15) is 4.80 Å². The molecule has 40 heavy (non-hydrogen) atoms. The molecular formula is C27H32FN7O5. The van der Waals surface area contributed by atoms with Gasteiger partial charge in [0, 0.05) is 30.8 Å². The molecule has 0 spiro atoms. The summed E-state index contributed by atoms with van der Waals surface area (Å²) in [5.41, 5.74) is 2.09. The summed E-state index contributed by atoms with van der Waals surface area (Å²) in [6.07, 6.45) is 3.51. The molecule has 1 fully saturated rings. The Hall–Kier alpha value is -4.42. The topological polar surface area (TPSA) is 150 Å². The zero-order valence-electron chi connectivity index (χ0n) is 22.6. The van der Waals surface area contributed by atoms with Crippen molar-refractivity contribution in [2.24, 2.45) is 5.92 Å². The Morgan fingerprint density at radius 3 is 2.77 bits per heavy atom. The summed E-state index contributed by atoms with van der Waals surface area (Å²) < 4.78 is 23.4. The lowest BCUT2D eigenvalue weighted by Gasteiger charge is -2.29. The zero-order chi connectivity index (χ0) is 28.6. The van der Waals surface area contributed by atoms with Gasteiger partial charge >= 0.3 is 5.97 Å². The summed E-state index contributed by atoms with van der Waals surface area (Å²) in [6.45, 7) is 3.45. The van der Waals surface area contributed by atoms with Gasteiger partial charge in [-0.25, -0.2) is 9.37 Å². The molecule has 0 unspecified atom stereocenters. The molecule has 2 N–H and O–H groups in total. The number of hydrogen-bond acceptors (Lipinski definition) is 9. The average molecular weight is 554 g/mol. The zero-order valence-corrected chi connectivity index (χ0v) is 22.6. The summed E-state index contributed by atoms with van der Waals surface area (Å²) in [7, 11) is 1.38. The Bertz CT molecular complexity index is 1380.